The molecule has 2 aromatic heterocycles. The first-order valence-corrected chi connectivity index (χ1v) is 13.4. The molecule has 1 N–H and O–H groups in total. The summed E-state index contributed by atoms with van der Waals surface area (Å²) in [6.07, 6.45) is 4.17. The standard InChI is InChI=1S/C14H11Cl2NO3.C13H11Cl2NO2.CH4/c1-19-14(18)11-12(17-20-13(11)7-2-3-7)9-5-4-8(15)6-10(9)16;14-8-3-4-9(11(15)5-8)12-10(6-17)13(18-16-12)7-1-2-7;/h4-7H,2-3H2,1H3;3-5,7,17H,1-2,6H2;1H4. The van der Waals surface area contributed by atoms with Gasteiger partial charge in [-0.05, 0) is 62.1 Å². The molecule has 2 aromatic carbocycles. The first-order chi connectivity index (χ1) is 18.3. The molecule has 0 amide bonds. The van der Waals surface area contributed by atoms with Crippen LogP contribution in [0.3, 0.4) is 0 Å². The van der Waals surface area contributed by atoms with E-state index in [1.807, 2.05) is 0 Å². The molecule has 0 radical (unpaired) electrons. The minimum absolute atomic E-state index is 0. The van der Waals surface area contributed by atoms with Crippen molar-refractivity contribution in [2.45, 2.75) is 51.6 Å². The van der Waals surface area contributed by atoms with Crippen molar-refractivity contribution in [3.8, 4) is 22.5 Å². The monoisotopic (exact) mass is 610 g/mol. The summed E-state index contributed by atoms with van der Waals surface area (Å²) in [7, 11) is 1.33. The molecule has 0 aliphatic heterocycles. The van der Waals surface area contributed by atoms with E-state index < -0.39 is 5.97 Å². The highest BCUT2D eigenvalue weighted by molar-refractivity contribution is 6.37. The van der Waals surface area contributed by atoms with Gasteiger partial charge < -0.3 is 18.9 Å². The molecule has 2 aliphatic carbocycles. The summed E-state index contributed by atoms with van der Waals surface area (Å²) < 4.78 is 15.5. The minimum Gasteiger partial charge on any atom is -0.465 e. The van der Waals surface area contributed by atoms with Crippen LogP contribution in [0.25, 0.3) is 22.5 Å². The fourth-order valence-electron chi connectivity index (χ4n) is 4.13. The Morgan fingerprint density at radius 1 is 0.872 bits per heavy atom. The molecule has 2 aliphatic rings. The maximum absolute atomic E-state index is 12.0. The van der Waals surface area contributed by atoms with Crippen molar-refractivity contribution in [2.24, 2.45) is 0 Å². The Morgan fingerprint density at radius 2 is 1.36 bits per heavy atom. The predicted molar refractivity (Wildman–Crippen MR) is 152 cm³/mol. The fraction of sp³-hybridized carbons (Fsp3) is 0.321. The van der Waals surface area contributed by atoms with Crippen molar-refractivity contribution in [2.75, 3.05) is 7.11 Å². The Hall–Kier alpha value is -2.55. The van der Waals surface area contributed by atoms with Crippen molar-refractivity contribution in [1.29, 1.82) is 0 Å². The summed E-state index contributed by atoms with van der Waals surface area (Å²) >= 11 is 24.1. The molecule has 2 heterocycles. The average Bonchev–Trinajstić information content (AvgIpc) is 3.83. The molecule has 0 atom stereocenters. The van der Waals surface area contributed by atoms with Gasteiger partial charge in [-0.25, -0.2) is 4.79 Å². The van der Waals surface area contributed by atoms with Crippen LogP contribution < -0.4 is 0 Å². The van der Waals surface area contributed by atoms with Crippen molar-refractivity contribution in [1.82, 2.24) is 10.3 Å². The van der Waals surface area contributed by atoms with Gasteiger partial charge in [-0.3, -0.25) is 0 Å². The number of esters is 1. The summed E-state index contributed by atoms with van der Waals surface area (Å²) in [5, 5.41) is 19.6. The summed E-state index contributed by atoms with van der Waals surface area (Å²) in [5.41, 5.74) is 3.45. The fourth-order valence-corrected chi connectivity index (χ4v) is 5.12. The van der Waals surface area contributed by atoms with E-state index in [-0.39, 0.29) is 20.0 Å². The smallest absolute Gasteiger partial charge is 0.343 e. The zero-order chi connectivity index (χ0) is 27.0. The van der Waals surface area contributed by atoms with Crippen LogP contribution in [0.2, 0.25) is 20.1 Å². The molecule has 2 saturated carbocycles. The van der Waals surface area contributed by atoms with Crippen LogP contribution in [0.4, 0.5) is 0 Å². The lowest BCUT2D eigenvalue weighted by Crippen LogP contribution is -2.05. The number of hydrogen-bond donors (Lipinski definition) is 1. The second kappa shape index (κ2) is 12.3. The van der Waals surface area contributed by atoms with E-state index in [1.54, 1.807) is 36.4 Å². The van der Waals surface area contributed by atoms with Crippen LogP contribution in [0.1, 0.15) is 72.4 Å². The number of aliphatic hydroxyl groups excluding tert-OH is 1. The number of nitrogens with zero attached hydrogens (tertiary/aromatic N) is 2. The third-order valence-electron chi connectivity index (χ3n) is 6.35. The Balaban J connectivity index is 0.000000177. The Bertz CT molecular complexity index is 1490. The Labute approximate surface area is 245 Å². The van der Waals surface area contributed by atoms with Crippen LogP contribution >= 0.6 is 46.4 Å². The van der Waals surface area contributed by atoms with Gasteiger partial charge in [0, 0.05) is 38.6 Å². The molecule has 7 nitrogen and oxygen atoms in total. The van der Waals surface area contributed by atoms with Crippen LogP contribution in [0, 0.1) is 0 Å². The predicted octanol–water partition coefficient (Wildman–Crippen LogP) is 8.97. The van der Waals surface area contributed by atoms with Crippen LogP contribution in [0.15, 0.2) is 45.4 Å². The van der Waals surface area contributed by atoms with Crippen molar-refractivity contribution in [3.05, 3.63) is 79.1 Å². The van der Waals surface area contributed by atoms with Crippen molar-refractivity contribution < 1.29 is 23.7 Å². The summed E-state index contributed by atoms with van der Waals surface area (Å²) in [6, 6.07) is 10.2. The number of carbonyl (C=O) groups excluding carboxylic acids is 1. The number of hydrogen-bond acceptors (Lipinski definition) is 7. The van der Waals surface area contributed by atoms with E-state index in [2.05, 4.69) is 10.3 Å². The molecule has 6 rings (SSSR count). The SMILES string of the molecule is C.COC(=O)c1c(-c2ccc(Cl)cc2Cl)noc1C1CC1.OCc1c(-c2ccc(Cl)cc2Cl)noc1C1CC1. The molecule has 4 aromatic rings. The van der Waals surface area contributed by atoms with Gasteiger partial charge in [-0.1, -0.05) is 64.1 Å². The van der Waals surface area contributed by atoms with Gasteiger partial charge in [0.05, 0.1) is 23.8 Å². The van der Waals surface area contributed by atoms with Gasteiger partial charge >= 0.3 is 5.97 Å². The third kappa shape index (κ3) is 6.28. The molecule has 0 spiro atoms. The van der Waals surface area contributed by atoms with Crippen LogP contribution in [-0.4, -0.2) is 28.5 Å². The number of aromatic nitrogens is 2. The molecule has 2 fully saturated rings. The number of methoxy groups -OCH3 is 1. The average molecular weight is 612 g/mol. The highest BCUT2D eigenvalue weighted by Crippen LogP contribution is 2.46. The summed E-state index contributed by atoms with van der Waals surface area (Å²) in [5.74, 6) is 1.56. The van der Waals surface area contributed by atoms with E-state index in [1.165, 1.54) is 7.11 Å². The van der Waals surface area contributed by atoms with Gasteiger partial charge in [-0.15, -0.1) is 0 Å². The van der Waals surface area contributed by atoms with E-state index in [4.69, 9.17) is 60.2 Å². The number of ether oxygens (including phenoxy) is 1. The molecular formula is C28H26Cl4N2O5. The molecule has 39 heavy (non-hydrogen) atoms. The van der Waals surface area contributed by atoms with Crippen molar-refractivity contribution in [3.63, 3.8) is 0 Å². The normalized spacial score (nSPS) is 14.3. The van der Waals surface area contributed by atoms with E-state index in [0.717, 1.165) is 42.6 Å². The number of rotatable bonds is 6. The van der Waals surface area contributed by atoms with Gasteiger partial charge in [0.15, 0.2) is 5.76 Å². The van der Waals surface area contributed by atoms with Crippen LogP contribution in [0.5, 0.6) is 0 Å². The lowest BCUT2D eigenvalue weighted by atomic mass is 10.0. The zero-order valence-electron chi connectivity index (χ0n) is 20.1. The summed E-state index contributed by atoms with van der Waals surface area (Å²) in [6.45, 7) is -0.0936. The maximum atomic E-state index is 12.0. The van der Waals surface area contributed by atoms with E-state index in [0.29, 0.717) is 54.3 Å². The second-order valence-corrected chi connectivity index (χ2v) is 10.8. The van der Waals surface area contributed by atoms with Gasteiger partial charge in [-0.2, -0.15) is 0 Å². The maximum Gasteiger partial charge on any atom is 0.343 e. The van der Waals surface area contributed by atoms with Gasteiger partial charge in [0.1, 0.15) is 22.7 Å². The number of carbonyl (C=O) groups is 1. The summed E-state index contributed by atoms with van der Waals surface area (Å²) in [4.78, 5) is 12.0. The van der Waals surface area contributed by atoms with Crippen molar-refractivity contribution >= 4 is 52.4 Å². The second-order valence-electron chi connectivity index (χ2n) is 9.09. The Morgan fingerprint density at radius 3 is 1.85 bits per heavy atom. The number of benzene rings is 2. The highest BCUT2D eigenvalue weighted by Gasteiger charge is 2.36. The highest BCUT2D eigenvalue weighted by atomic mass is 35.5. The quantitative estimate of drug-likeness (QED) is 0.217. The molecular weight excluding hydrogens is 586 g/mol. The topological polar surface area (TPSA) is 98.6 Å². The largest absolute Gasteiger partial charge is 0.465 e. The van der Waals surface area contributed by atoms with E-state index in [9.17, 15) is 9.90 Å². The molecule has 206 valence electrons. The molecule has 0 saturated heterocycles. The van der Waals surface area contributed by atoms with Gasteiger partial charge in [0.25, 0.3) is 0 Å². The van der Waals surface area contributed by atoms with Gasteiger partial charge in [0.2, 0.25) is 0 Å². The number of halogens is 4. The minimum atomic E-state index is -0.464. The Kier molecular flexibility index (Phi) is 9.29. The first kappa shape index (κ1) is 29.4. The van der Waals surface area contributed by atoms with E-state index >= 15 is 0 Å². The zero-order valence-corrected chi connectivity index (χ0v) is 23.2. The molecule has 0 unspecified atom stereocenters. The molecule has 11 heteroatoms. The third-order valence-corrected chi connectivity index (χ3v) is 7.45. The number of aliphatic hydroxyl groups is 1. The lowest BCUT2D eigenvalue weighted by molar-refractivity contribution is 0.0599. The lowest BCUT2D eigenvalue weighted by Gasteiger charge is -2.04. The first-order valence-electron chi connectivity index (χ1n) is 11.9. The van der Waals surface area contributed by atoms with Crippen LogP contribution in [-0.2, 0) is 11.3 Å². The molecule has 0 bridgehead atoms.